The van der Waals surface area contributed by atoms with Crippen LogP contribution in [-0.2, 0) is 14.3 Å². The van der Waals surface area contributed by atoms with Crippen molar-refractivity contribution < 1.29 is 19.1 Å². The lowest BCUT2D eigenvalue weighted by molar-refractivity contribution is -0.153. The van der Waals surface area contributed by atoms with Crippen molar-refractivity contribution in [3.63, 3.8) is 0 Å². The van der Waals surface area contributed by atoms with Crippen LogP contribution in [0, 0.1) is 11.3 Å². The Morgan fingerprint density at radius 3 is 2.45 bits per heavy atom. The van der Waals surface area contributed by atoms with Gasteiger partial charge in [-0.15, -0.1) is 0 Å². The van der Waals surface area contributed by atoms with E-state index in [0.29, 0.717) is 11.6 Å². The number of methoxy groups -OCH3 is 1. The number of hydrogen-bond acceptors (Lipinski definition) is 5. The Kier molecular flexibility index (Phi) is 4.68. The number of pyridine rings is 1. The lowest BCUT2D eigenvalue weighted by Gasteiger charge is -2.24. The summed E-state index contributed by atoms with van der Waals surface area (Å²) in [6.45, 7) is 5.23. The summed E-state index contributed by atoms with van der Waals surface area (Å²) in [5.74, 6) is 0.112. The van der Waals surface area contributed by atoms with E-state index >= 15 is 0 Å². The normalized spacial score (nSPS) is 14.4. The van der Waals surface area contributed by atoms with Crippen LogP contribution in [0.4, 0.5) is 5.69 Å². The number of hydrogen-bond donors (Lipinski definition) is 0. The summed E-state index contributed by atoms with van der Waals surface area (Å²) in [5, 5.41) is 0. The molecule has 0 aromatic carbocycles. The van der Waals surface area contributed by atoms with Crippen molar-refractivity contribution >= 4 is 17.6 Å². The molecule has 22 heavy (non-hydrogen) atoms. The average Bonchev–Trinajstić information content (AvgIpc) is 3.31. The zero-order valence-corrected chi connectivity index (χ0v) is 13.5. The molecule has 0 N–H and O–H groups in total. The molecule has 0 aliphatic heterocycles. The van der Waals surface area contributed by atoms with Crippen molar-refractivity contribution in [2.24, 2.45) is 11.3 Å². The zero-order valence-electron chi connectivity index (χ0n) is 13.5. The second kappa shape index (κ2) is 6.34. The Labute approximate surface area is 130 Å². The first-order chi connectivity index (χ1) is 10.3. The molecule has 1 aromatic rings. The third-order valence-electron chi connectivity index (χ3n) is 3.37. The number of ether oxygens (including phenoxy) is 2. The predicted molar refractivity (Wildman–Crippen MR) is 81.4 cm³/mol. The predicted octanol–water partition coefficient (Wildman–Crippen LogP) is 2.38. The van der Waals surface area contributed by atoms with Crippen molar-refractivity contribution in [3.8, 4) is 5.88 Å². The van der Waals surface area contributed by atoms with Gasteiger partial charge in [0.1, 0.15) is 0 Å². The van der Waals surface area contributed by atoms with Crippen LogP contribution < -0.4 is 9.64 Å². The van der Waals surface area contributed by atoms with E-state index in [2.05, 4.69) is 4.98 Å². The topological polar surface area (TPSA) is 68.7 Å². The highest BCUT2D eigenvalue weighted by molar-refractivity contribution is 5.96. The largest absolute Gasteiger partial charge is 0.481 e. The molecular formula is C16H22N2O4. The van der Waals surface area contributed by atoms with Gasteiger partial charge < -0.3 is 9.47 Å². The maximum atomic E-state index is 12.4. The van der Waals surface area contributed by atoms with Crippen molar-refractivity contribution in [1.29, 1.82) is 0 Å². The summed E-state index contributed by atoms with van der Waals surface area (Å²) < 4.78 is 10.3. The lowest BCUT2D eigenvalue weighted by atomic mass is 9.98. The third kappa shape index (κ3) is 3.96. The fourth-order valence-electron chi connectivity index (χ4n) is 1.81. The molecule has 1 aliphatic carbocycles. The van der Waals surface area contributed by atoms with Gasteiger partial charge in [0.15, 0.2) is 6.73 Å². The summed E-state index contributed by atoms with van der Waals surface area (Å²) in [6, 6.07) is 3.41. The minimum atomic E-state index is -0.605. The molecule has 1 heterocycles. The van der Waals surface area contributed by atoms with Crippen LogP contribution in [0.2, 0.25) is 0 Å². The highest BCUT2D eigenvalue weighted by Crippen LogP contribution is 2.33. The fraction of sp³-hybridized carbons (Fsp3) is 0.562. The molecule has 1 fully saturated rings. The summed E-state index contributed by atoms with van der Waals surface area (Å²) in [5.41, 5.74) is -0.00803. The second-order valence-corrected chi connectivity index (χ2v) is 6.41. The molecule has 1 saturated carbocycles. The Hall–Kier alpha value is -2.11. The first kappa shape index (κ1) is 16.3. The Balaban J connectivity index is 2.12. The Morgan fingerprint density at radius 2 is 2.00 bits per heavy atom. The Bertz CT molecular complexity index is 544. The molecule has 0 radical (unpaired) electrons. The molecule has 0 atom stereocenters. The van der Waals surface area contributed by atoms with Crippen LogP contribution in [0.15, 0.2) is 18.3 Å². The van der Waals surface area contributed by atoms with Gasteiger partial charge in [0.25, 0.3) is 0 Å². The summed E-state index contributed by atoms with van der Waals surface area (Å²) >= 11 is 0. The SMILES string of the molecule is COc1ccc(N(COC(=O)C(C)(C)C)C(=O)C2CC2)cn1. The molecule has 0 bridgehead atoms. The number of carbonyl (C=O) groups excluding carboxylic acids is 2. The number of amides is 1. The van der Waals surface area contributed by atoms with Gasteiger partial charge in [-0.1, -0.05) is 0 Å². The molecular weight excluding hydrogens is 284 g/mol. The average molecular weight is 306 g/mol. The van der Waals surface area contributed by atoms with Crippen molar-refractivity contribution in [1.82, 2.24) is 4.98 Å². The van der Waals surface area contributed by atoms with Gasteiger partial charge in [-0.05, 0) is 39.7 Å². The number of anilines is 1. The van der Waals surface area contributed by atoms with Crippen LogP contribution in [0.5, 0.6) is 5.88 Å². The van der Waals surface area contributed by atoms with Gasteiger partial charge >= 0.3 is 5.97 Å². The molecule has 0 spiro atoms. The highest BCUT2D eigenvalue weighted by atomic mass is 16.5. The number of esters is 1. The molecule has 120 valence electrons. The smallest absolute Gasteiger partial charge is 0.312 e. The minimum Gasteiger partial charge on any atom is -0.481 e. The van der Waals surface area contributed by atoms with E-state index in [9.17, 15) is 9.59 Å². The van der Waals surface area contributed by atoms with Crippen LogP contribution in [-0.4, -0.2) is 30.7 Å². The van der Waals surface area contributed by atoms with Gasteiger partial charge in [0.2, 0.25) is 11.8 Å². The monoisotopic (exact) mass is 306 g/mol. The molecule has 0 saturated heterocycles. The fourth-order valence-corrected chi connectivity index (χ4v) is 1.81. The van der Waals surface area contributed by atoms with E-state index in [1.54, 1.807) is 39.1 Å². The number of carbonyl (C=O) groups is 2. The molecule has 1 aliphatic rings. The van der Waals surface area contributed by atoms with E-state index < -0.39 is 5.41 Å². The summed E-state index contributed by atoms with van der Waals surface area (Å²) in [6.07, 6.45) is 3.31. The standard InChI is InChI=1S/C16H22N2O4/c1-16(2,3)15(20)22-10-18(14(19)11-5-6-11)12-7-8-13(21-4)17-9-12/h7-9,11H,5-6,10H2,1-4H3. The quantitative estimate of drug-likeness (QED) is 0.617. The second-order valence-electron chi connectivity index (χ2n) is 6.41. The first-order valence-electron chi connectivity index (χ1n) is 7.31. The molecule has 2 rings (SSSR count). The number of nitrogens with zero attached hydrogens (tertiary/aromatic N) is 2. The van der Waals surface area contributed by atoms with Gasteiger partial charge in [0.05, 0.1) is 24.4 Å². The minimum absolute atomic E-state index is 0.0236. The van der Waals surface area contributed by atoms with E-state index in [4.69, 9.17) is 9.47 Å². The first-order valence-corrected chi connectivity index (χ1v) is 7.31. The third-order valence-corrected chi connectivity index (χ3v) is 3.37. The van der Waals surface area contributed by atoms with Crippen LogP contribution in [0.25, 0.3) is 0 Å². The molecule has 0 unspecified atom stereocenters. The van der Waals surface area contributed by atoms with Crippen molar-refractivity contribution in [3.05, 3.63) is 18.3 Å². The van der Waals surface area contributed by atoms with E-state index in [-0.39, 0.29) is 24.5 Å². The Morgan fingerprint density at radius 1 is 1.32 bits per heavy atom. The molecule has 1 aromatic heterocycles. The van der Waals surface area contributed by atoms with Crippen LogP contribution >= 0.6 is 0 Å². The molecule has 6 heteroatoms. The van der Waals surface area contributed by atoms with Crippen molar-refractivity contribution in [2.45, 2.75) is 33.6 Å². The summed E-state index contributed by atoms with van der Waals surface area (Å²) in [7, 11) is 1.53. The van der Waals surface area contributed by atoms with Crippen LogP contribution in [0.1, 0.15) is 33.6 Å². The van der Waals surface area contributed by atoms with E-state index in [0.717, 1.165) is 12.8 Å². The molecule has 6 nitrogen and oxygen atoms in total. The van der Waals surface area contributed by atoms with E-state index in [1.807, 2.05) is 0 Å². The zero-order chi connectivity index (χ0) is 16.3. The van der Waals surface area contributed by atoms with E-state index in [1.165, 1.54) is 12.0 Å². The summed E-state index contributed by atoms with van der Waals surface area (Å²) in [4.78, 5) is 29.9. The highest BCUT2D eigenvalue weighted by Gasteiger charge is 2.35. The molecule has 1 amide bonds. The lowest BCUT2D eigenvalue weighted by Crippen LogP contribution is -2.37. The number of rotatable bonds is 5. The van der Waals surface area contributed by atoms with Crippen LogP contribution in [0.3, 0.4) is 0 Å². The van der Waals surface area contributed by atoms with Gasteiger partial charge in [-0.2, -0.15) is 0 Å². The maximum Gasteiger partial charge on any atom is 0.312 e. The maximum absolute atomic E-state index is 12.4. The number of aromatic nitrogens is 1. The van der Waals surface area contributed by atoms with Crippen molar-refractivity contribution in [2.75, 3.05) is 18.7 Å². The van der Waals surface area contributed by atoms with Gasteiger partial charge in [-0.25, -0.2) is 4.98 Å². The van der Waals surface area contributed by atoms with Gasteiger partial charge in [-0.3, -0.25) is 14.5 Å². The van der Waals surface area contributed by atoms with Gasteiger partial charge in [0, 0.05) is 12.0 Å².